The molecule has 0 unspecified atom stereocenters. The van der Waals surface area contributed by atoms with Crippen LogP contribution in [-0.2, 0) is 9.59 Å². The molecule has 1 heterocycles. The highest BCUT2D eigenvalue weighted by Gasteiger charge is 2.40. The van der Waals surface area contributed by atoms with Crippen molar-refractivity contribution in [3.05, 3.63) is 0 Å². The fraction of sp³-hybridized carbons (Fsp3) is 0.800. The summed E-state index contributed by atoms with van der Waals surface area (Å²) in [6, 6.07) is -1.72. The predicted molar refractivity (Wildman–Crippen MR) is 60.0 cm³/mol. The SMILES string of the molecule is NCCC[C@H](N)C(=O)N1C[C@H](O)C[C@H]1C(=O)O. The van der Waals surface area contributed by atoms with Crippen molar-refractivity contribution in [2.24, 2.45) is 11.5 Å². The molecule has 3 atom stereocenters. The van der Waals surface area contributed by atoms with E-state index in [4.69, 9.17) is 16.6 Å². The monoisotopic (exact) mass is 245 g/mol. The quantitative estimate of drug-likeness (QED) is 0.447. The number of aliphatic carboxylic acids is 1. The zero-order chi connectivity index (χ0) is 13.0. The molecule has 1 saturated heterocycles. The van der Waals surface area contributed by atoms with Gasteiger partial charge in [-0.05, 0) is 19.4 Å². The molecule has 6 N–H and O–H groups in total. The number of aliphatic hydroxyl groups excluding tert-OH is 1. The summed E-state index contributed by atoms with van der Waals surface area (Å²) in [5.41, 5.74) is 11.0. The number of carbonyl (C=O) groups is 2. The van der Waals surface area contributed by atoms with Gasteiger partial charge in [0.1, 0.15) is 6.04 Å². The van der Waals surface area contributed by atoms with E-state index in [0.717, 1.165) is 4.90 Å². The number of carboxylic acid groups (broad SMARTS) is 1. The summed E-state index contributed by atoms with van der Waals surface area (Å²) in [7, 11) is 0. The number of amides is 1. The molecular formula is C10H19N3O4. The fourth-order valence-electron chi connectivity index (χ4n) is 1.97. The van der Waals surface area contributed by atoms with Gasteiger partial charge in [0.05, 0.1) is 12.1 Å². The molecule has 1 amide bonds. The number of rotatable bonds is 5. The first-order valence-electron chi connectivity index (χ1n) is 5.64. The molecule has 0 aromatic rings. The number of carbonyl (C=O) groups excluding carboxylic acids is 1. The number of carboxylic acids is 1. The van der Waals surface area contributed by atoms with E-state index in [-0.39, 0.29) is 13.0 Å². The molecule has 0 saturated carbocycles. The lowest BCUT2D eigenvalue weighted by molar-refractivity contribution is -0.148. The average Bonchev–Trinajstić information content (AvgIpc) is 2.67. The van der Waals surface area contributed by atoms with Gasteiger partial charge in [0, 0.05) is 13.0 Å². The molecular weight excluding hydrogens is 226 g/mol. The Balaban J connectivity index is 2.63. The van der Waals surface area contributed by atoms with Crippen molar-refractivity contribution < 1.29 is 19.8 Å². The van der Waals surface area contributed by atoms with E-state index in [2.05, 4.69) is 0 Å². The summed E-state index contributed by atoms with van der Waals surface area (Å²) < 4.78 is 0. The molecule has 1 rings (SSSR count). The molecule has 7 heteroatoms. The van der Waals surface area contributed by atoms with Gasteiger partial charge in [0.15, 0.2) is 0 Å². The average molecular weight is 245 g/mol. The van der Waals surface area contributed by atoms with Gasteiger partial charge in [-0.15, -0.1) is 0 Å². The van der Waals surface area contributed by atoms with Crippen LogP contribution >= 0.6 is 0 Å². The lowest BCUT2D eigenvalue weighted by Gasteiger charge is -2.24. The zero-order valence-corrected chi connectivity index (χ0v) is 9.58. The fourth-order valence-corrected chi connectivity index (χ4v) is 1.97. The molecule has 1 aliphatic rings. The minimum Gasteiger partial charge on any atom is -0.480 e. The summed E-state index contributed by atoms with van der Waals surface area (Å²) in [6.07, 6.45) is 0.307. The molecule has 0 aliphatic carbocycles. The van der Waals surface area contributed by atoms with Crippen LogP contribution in [0.15, 0.2) is 0 Å². The van der Waals surface area contributed by atoms with E-state index >= 15 is 0 Å². The van der Waals surface area contributed by atoms with Crippen LogP contribution in [-0.4, -0.2) is 58.3 Å². The van der Waals surface area contributed by atoms with E-state index in [1.165, 1.54) is 0 Å². The molecule has 0 aromatic heterocycles. The van der Waals surface area contributed by atoms with Gasteiger partial charge in [0.2, 0.25) is 5.91 Å². The van der Waals surface area contributed by atoms with Crippen molar-refractivity contribution >= 4 is 11.9 Å². The molecule has 98 valence electrons. The van der Waals surface area contributed by atoms with Crippen LogP contribution in [0.4, 0.5) is 0 Å². The molecule has 7 nitrogen and oxygen atoms in total. The second kappa shape index (κ2) is 5.95. The largest absolute Gasteiger partial charge is 0.480 e. The molecule has 1 fully saturated rings. The smallest absolute Gasteiger partial charge is 0.326 e. The Morgan fingerprint density at radius 1 is 1.47 bits per heavy atom. The highest BCUT2D eigenvalue weighted by atomic mass is 16.4. The molecule has 0 radical (unpaired) electrons. The Kier molecular flexibility index (Phi) is 4.86. The van der Waals surface area contributed by atoms with E-state index in [1.54, 1.807) is 0 Å². The van der Waals surface area contributed by atoms with Gasteiger partial charge in [-0.3, -0.25) is 4.79 Å². The van der Waals surface area contributed by atoms with Crippen LogP contribution in [0.25, 0.3) is 0 Å². The minimum atomic E-state index is -1.11. The molecule has 1 aliphatic heterocycles. The van der Waals surface area contributed by atoms with Crippen molar-refractivity contribution in [3.63, 3.8) is 0 Å². The maximum Gasteiger partial charge on any atom is 0.326 e. The number of β-amino-alcohol motifs (C(OH)–C–C–N with tert-alkyl or cyclic N) is 1. The summed E-state index contributed by atoms with van der Waals surface area (Å²) >= 11 is 0. The minimum absolute atomic E-state index is 0.0339. The number of hydrogen-bond donors (Lipinski definition) is 4. The summed E-state index contributed by atoms with van der Waals surface area (Å²) in [5, 5.41) is 18.3. The predicted octanol–water partition coefficient (Wildman–Crippen LogP) is -1.90. The highest BCUT2D eigenvalue weighted by molar-refractivity contribution is 5.87. The van der Waals surface area contributed by atoms with Crippen LogP contribution < -0.4 is 11.5 Å². The maximum atomic E-state index is 11.9. The van der Waals surface area contributed by atoms with Crippen LogP contribution in [0.3, 0.4) is 0 Å². The van der Waals surface area contributed by atoms with Crippen molar-refractivity contribution in [1.29, 1.82) is 0 Å². The van der Waals surface area contributed by atoms with E-state index in [1.807, 2.05) is 0 Å². The normalized spacial score (nSPS) is 25.9. The van der Waals surface area contributed by atoms with Crippen LogP contribution in [0.2, 0.25) is 0 Å². The van der Waals surface area contributed by atoms with Crippen molar-refractivity contribution in [3.8, 4) is 0 Å². The van der Waals surface area contributed by atoms with Gasteiger partial charge in [-0.25, -0.2) is 4.79 Å². The second-order valence-corrected chi connectivity index (χ2v) is 4.27. The standard InChI is InChI=1S/C10H19N3O4/c11-3-1-2-7(12)9(15)13-5-6(14)4-8(13)10(16)17/h6-8,14H,1-5,11-12H2,(H,16,17)/t6-,7+,8+/m1/s1. The van der Waals surface area contributed by atoms with Crippen molar-refractivity contribution in [2.75, 3.05) is 13.1 Å². The first kappa shape index (κ1) is 13.9. The van der Waals surface area contributed by atoms with Gasteiger partial charge in [-0.1, -0.05) is 0 Å². The summed E-state index contributed by atoms with van der Waals surface area (Å²) in [4.78, 5) is 24.0. The van der Waals surface area contributed by atoms with Crippen LogP contribution in [0.1, 0.15) is 19.3 Å². The lowest BCUT2D eigenvalue weighted by Crippen LogP contribution is -2.48. The Labute approximate surface area is 99.4 Å². The first-order valence-corrected chi connectivity index (χ1v) is 5.64. The van der Waals surface area contributed by atoms with Crippen LogP contribution in [0.5, 0.6) is 0 Å². The summed E-state index contributed by atoms with van der Waals surface area (Å²) in [6.45, 7) is 0.470. The molecule has 17 heavy (non-hydrogen) atoms. The third kappa shape index (κ3) is 3.39. The Hall–Kier alpha value is -1.18. The number of hydrogen-bond acceptors (Lipinski definition) is 5. The second-order valence-electron chi connectivity index (χ2n) is 4.27. The zero-order valence-electron chi connectivity index (χ0n) is 9.58. The van der Waals surface area contributed by atoms with Gasteiger partial charge in [0.25, 0.3) is 0 Å². The first-order chi connectivity index (χ1) is 7.97. The Morgan fingerprint density at radius 3 is 2.65 bits per heavy atom. The topological polar surface area (TPSA) is 130 Å². The number of likely N-dealkylation sites (tertiary alicyclic amines) is 1. The van der Waals surface area contributed by atoms with E-state index in [0.29, 0.717) is 19.4 Å². The Bertz CT molecular complexity index is 297. The molecule has 0 aromatic carbocycles. The number of aliphatic hydroxyl groups is 1. The number of nitrogens with zero attached hydrogens (tertiary/aromatic N) is 1. The van der Waals surface area contributed by atoms with E-state index in [9.17, 15) is 14.7 Å². The van der Waals surface area contributed by atoms with Gasteiger partial charge < -0.3 is 26.6 Å². The van der Waals surface area contributed by atoms with Crippen LogP contribution in [0, 0.1) is 0 Å². The third-order valence-electron chi connectivity index (χ3n) is 2.88. The van der Waals surface area contributed by atoms with Crippen molar-refractivity contribution in [1.82, 2.24) is 4.90 Å². The third-order valence-corrected chi connectivity index (χ3v) is 2.88. The number of nitrogens with two attached hydrogens (primary N) is 2. The highest BCUT2D eigenvalue weighted by Crippen LogP contribution is 2.19. The molecule has 0 bridgehead atoms. The maximum absolute atomic E-state index is 11.9. The van der Waals surface area contributed by atoms with E-state index < -0.39 is 30.1 Å². The van der Waals surface area contributed by atoms with Gasteiger partial charge in [-0.2, -0.15) is 0 Å². The molecule has 0 spiro atoms. The van der Waals surface area contributed by atoms with Gasteiger partial charge >= 0.3 is 5.97 Å². The Morgan fingerprint density at radius 2 is 2.12 bits per heavy atom. The van der Waals surface area contributed by atoms with Crippen molar-refractivity contribution in [2.45, 2.75) is 37.5 Å². The lowest BCUT2D eigenvalue weighted by atomic mass is 10.1. The summed E-state index contributed by atoms with van der Waals surface area (Å²) in [5.74, 6) is -1.54.